The van der Waals surface area contributed by atoms with Crippen LogP contribution >= 0.6 is 0 Å². The van der Waals surface area contributed by atoms with Gasteiger partial charge in [-0.1, -0.05) is 6.07 Å². The predicted molar refractivity (Wildman–Crippen MR) is 135 cm³/mol. The number of carbonyl (C=O) groups excluding carboxylic acids is 1. The minimum absolute atomic E-state index is 0.0606. The van der Waals surface area contributed by atoms with E-state index >= 15 is 0 Å². The van der Waals surface area contributed by atoms with Gasteiger partial charge < -0.3 is 26.4 Å². The Morgan fingerprint density at radius 2 is 2.14 bits per heavy atom. The highest BCUT2D eigenvalue weighted by Crippen LogP contribution is 2.26. The lowest BCUT2D eigenvalue weighted by atomic mass is 10.0. The number of alkyl halides is 2. The van der Waals surface area contributed by atoms with E-state index in [0.717, 1.165) is 50.6 Å². The first-order chi connectivity index (χ1) is 17.2. The Kier molecular flexibility index (Phi) is 9.51. The summed E-state index contributed by atoms with van der Waals surface area (Å²) in [4.78, 5) is 21.6. The number of amidine groups is 1. The van der Waals surface area contributed by atoms with E-state index in [2.05, 4.69) is 15.3 Å². The summed E-state index contributed by atoms with van der Waals surface area (Å²) in [5.41, 5.74) is 12.6. The summed E-state index contributed by atoms with van der Waals surface area (Å²) < 4.78 is 46.6. The van der Waals surface area contributed by atoms with Crippen LogP contribution in [0.2, 0.25) is 0 Å². The highest BCUT2D eigenvalue weighted by Gasteiger charge is 2.24. The molecule has 8 nitrogen and oxygen atoms in total. The predicted octanol–water partition coefficient (Wildman–Crippen LogP) is 2.97. The van der Waals surface area contributed by atoms with Crippen molar-refractivity contribution >= 4 is 29.2 Å². The molecular formula is C25H33F3N6O2. The van der Waals surface area contributed by atoms with E-state index in [9.17, 15) is 18.0 Å². The highest BCUT2D eigenvalue weighted by atomic mass is 19.3. The normalized spacial score (nSPS) is 19.9. The maximum atomic E-state index is 15.0. The molecule has 5 N–H and O–H groups in total. The van der Waals surface area contributed by atoms with Crippen molar-refractivity contribution in [2.45, 2.75) is 32.6 Å². The molecule has 196 valence electrons. The van der Waals surface area contributed by atoms with Crippen LogP contribution in [0.3, 0.4) is 0 Å². The molecule has 1 aromatic carbocycles. The van der Waals surface area contributed by atoms with E-state index in [1.807, 2.05) is 0 Å². The molecule has 0 radical (unpaired) electrons. The average molecular weight is 507 g/mol. The number of rotatable bonds is 9. The second-order valence-electron chi connectivity index (χ2n) is 8.81. The van der Waals surface area contributed by atoms with E-state index in [4.69, 9.17) is 16.2 Å². The number of aliphatic imine (C=N–C) groups is 2. The third-order valence-electron chi connectivity index (χ3n) is 6.32. The zero-order valence-electron chi connectivity index (χ0n) is 20.6. The van der Waals surface area contributed by atoms with Gasteiger partial charge in [-0.15, -0.1) is 0 Å². The van der Waals surface area contributed by atoms with Crippen molar-refractivity contribution in [3.8, 4) is 0 Å². The minimum atomic E-state index is -2.91. The minimum Gasteiger partial charge on any atom is -0.397 e. The van der Waals surface area contributed by atoms with Crippen LogP contribution in [0.15, 0.2) is 45.2 Å². The molecule has 0 spiro atoms. The molecular weight excluding hydrogens is 473 g/mol. The Hall–Kier alpha value is -3.34. The lowest BCUT2D eigenvalue weighted by molar-refractivity contribution is -0.128. The first-order valence-electron chi connectivity index (χ1n) is 11.8. The summed E-state index contributed by atoms with van der Waals surface area (Å²) in [6.45, 7) is 4.55. The number of hydrogen-bond donors (Lipinski definition) is 3. The van der Waals surface area contributed by atoms with Gasteiger partial charge in [-0.25, -0.2) is 18.2 Å². The van der Waals surface area contributed by atoms with Crippen LogP contribution < -0.4 is 16.8 Å². The van der Waals surface area contributed by atoms with Gasteiger partial charge in [0.05, 0.1) is 12.2 Å². The standard InChI is InChI=1S/C25H33F3N6O2/c1-15(35)34-9-6-21(32-8-5-16-7-10-36-14-16)19(13-34)25(30)33-22-4-3-17(11-20(22)26)18(12-31-2)23(29)24(27)28/h3-4,11-12,16,24,32H,5-10,13-14,29H2,1-2H3,(H2,30,33)/t16-/m0/s1. The molecule has 1 fully saturated rings. The van der Waals surface area contributed by atoms with E-state index < -0.39 is 17.9 Å². The van der Waals surface area contributed by atoms with E-state index in [0.29, 0.717) is 24.5 Å². The molecule has 2 heterocycles. The molecule has 0 aliphatic carbocycles. The van der Waals surface area contributed by atoms with Crippen LogP contribution in [0.5, 0.6) is 0 Å². The van der Waals surface area contributed by atoms with Crippen LogP contribution in [0, 0.1) is 11.7 Å². The first-order valence-corrected chi connectivity index (χ1v) is 11.8. The Balaban J connectivity index is 1.87. The van der Waals surface area contributed by atoms with E-state index in [1.54, 1.807) is 4.90 Å². The van der Waals surface area contributed by atoms with E-state index in [1.165, 1.54) is 26.1 Å². The van der Waals surface area contributed by atoms with Gasteiger partial charge in [0.25, 0.3) is 6.43 Å². The van der Waals surface area contributed by atoms with Crippen molar-refractivity contribution < 1.29 is 22.7 Å². The zero-order chi connectivity index (χ0) is 26.2. The summed E-state index contributed by atoms with van der Waals surface area (Å²) in [6, 6.07) is 3.85. The maximum Gasteiger partial charge on any atom is 0.278 e. The van der Waals surface area contributed by atoms with Crippen molar-refractivity contribution in [3.63, 3.8) is 0 Å². The van der Waals surface area contributed by atoms with Gasteiger partial charge >= 0.3 is 0 Å². The number of carbonyl (C=O) groups is 1. The zero-order valence-corrected chi connectivity index (χ0v) is 20.6. The highest BCUT2D eigenvalue weighted by molar-refractivity contribution is 6.11. The van der Waals surface area contributed by atoms with Gasteiger partial charge in [0.15, 0.2) is 0 Å². The Morgan fingerprint density at radius 3 is 2.75 bits per heavy atom. The molecule has 1 atom stereocenters. The molecule has 11 heteroatoms. The molecule has 1 saturated heterocycles. The second kappa shape index (κ2) is 12.6. The SMILES string of the molecule is CN=CC(=C(N)C(F)F)c1ccc(N=C(N)C2=C(NCC[C@H]3CCOC3)CCN(C(C)=O)C2)c(F)c1. The van der Waals surface area contributed by atoms with Gasteiger partial charge in [0.2, 0.25) is 5.91 Å². The third kappa shape index (κ3) is 6.87. The fourth-order valence-electron chi connectivity index (χ4n) is 4.23. The summed E-state index contributed by atoms with van der Waals surface area (Å²) in [7, 11) is 1.41. The second-order valence-corrected chi connectivity index (χ2v) is 8.81. The monoisotopic (exact) mass is 506 g/mol. The number of nitrogens with two attached hydrogens (primary N) is 2. The number of nitrogens with one attached hydrogen (secondary N) is 1. The summed E-state index contributed by atoms with van der Waals surface area (Å²) in [5.74, 6) is -0.257. The number of amides is 1. The smallest absolute Gasteiger partial charge is 0.278 e. The Bertz CT molecular complexity index is 1080. The number of hydrogen-bond acceptors (Lipinski definition) is 6. The molecule has 0 unspecified atom stereocenters. The fourth-order valence-corrected chi connectivity index (χ4v) is 4.23. The maximum absolute atomic E-state index is 15.0. The summed E-state index contributed by atoms with van der Waals surface area (Å²) in [5, 5.41) is 3.43. The summed E-state index contributed by atoms with van der Waals surface area (Å²) in [6.07, 6.45) is 0.800. The molecule has 3 rings (SSSR count). The largest absolute Gasteiger partial charge is 0.397 e. The van der Waals surface area contributed by atoms with Gasteiger partial charge in [0.1, 0.15) is 17.3 Å². The summed E-state index contributed by atoms with van der Waals surface area (Å²) >= 11 is 0. The van der Waals surface area contributed by atoms with Crippen LogP contribution in [-0.4, -0.2) is 69.2 Å². The lowest BCUT2D eigenvalue weighted by Gasteiger charge is -2.30. The van der Waals surface area contributed by atoms with Crippen LogP contribution in [-0.2, 0) is 9.53 Å². The molecule has 1 amide bonds. The van der Waals surface area contributed by atoms with Crippen LogP contribution in [0.4, 0.5) is 18.9 Å². The van der Waals surface area contributed by atoms with E-state index in [-0.39, 0.29) is 35.1 Å². The van der Waals surface area contributed by atoms with Gasteiger partial charge in [-0.05, 0) is 36.5 Å². The first kappa shape index (κ1) is 27.3. The van der Waals surface area contributed by atoms with Crippen molar-refractivity contribution in [3.05, 3.63) is 46.5 Å². The molecule has 2 aliphatic rings. The van der Waals surface area contributed by atoms with Gasteiger partial charge in [0, 0.05) is 69.8 Å². The quantitative estimate of drug-likeness (QED) is 0.352. The van der Waals surface area contributed by atoms with Gasteiger partial charge in [-0.3, -0.25) is 9.79 Å². The van der Waals surface area contributed by atoms with Crippen molar-refractivity contribution in [2.75, 3.05) is 39.9 Å². The Morgan fingerprint density at radius 1 is 1.36 bits per heavy atom. The molecule has 1 aromatic rings. The number of nitrogens with zero attached hydrogens (tertiary/aromatic N) is 3. The van der Waals surface area contributed by atoms with Crippen molar-refractivity contribution in [1.29, 1.82) is 0 Å². The van der Waals surface area contributed by atoms with Crippen molar-refractivity contribution in [1.82, 2.24) is 10.2 Å². The Labute approximate surface area is 209 Å². The molecule has 0 bridgehead atoms. The lowest BCUT2D eigenvalue weighted by Crippen LogP contribution is -2.41. The van der Waals surface area contributed by atoms with Crippen LogP contribution in [0.25, 0.3) is 5.57 Å². The molecule has 2 aliphatic heterocycles. The average Bonchev–Trinajstić information content (AvgIpc) is 3.37. The van der Waals surface area contributed by atoms with Gasteiger partial charge in [-0.2, -0.15) is 0 Å². The number of ether oxygens (including phenoxy) is 1. The third-order valence-corrected chi connectivity index (χ3v) is 6.32. The van der Waals surface area contributed by atoms with Crippen LogP contribution in [0.1, 0.15) is 31.7 Å². The topological polar surface area (TPSA) is 118 Å². The molecule has 0 aromatic heterocycles. The molecule has 36 heavy (non-hydrogen) atoms. The number of allylic oxidation sites excluding steroid dienone is 2. The van der Waals surface area contributed by atoms with Crippen molar-refractivity contribution in [2.24, 2.45) is 27.4 Å². The number of benzene rings is 1. The number of halogens is 3. The molecule has 0 saturated carbocycles. The fraction of sp³-hybridized carbons (Fsp3) is 0.480.